The number of carbonyl (C=O) groups is 2. The van der Waals surface area contributed by atoms with Crippen LogP contribution in [0.5, 0.6) is 0 Å². The Morgan fingerprint density at radius 3 is 2.37 bits per heavy atom. The van der Waals surface area contributed by atoms with Crippen molar-refractivity contribution in [2.24, 2.45) is 5.92 Å². The largest absolute Gasteiger partial charge is 0.624 e. The molecule has 0 saturated carbocycles. The summed E-state index contributed by atoms with van der Waals surface area (Å²) in [7, 11) is 3.03. The second-order valence-electron chi connectivity index (χ2n) is 6.18. The summed E-state index contributed by atoms with van der Waals surface area (Å²) in [4.78, 5) is 23.5. The zero-order valence-electron chi connectivity index (χ0n) is 16.0. The molecule has 0 radical (unpaired) electrons. The molecule has 2 N–H and O–H groups in total. The van der Waals surface area contributed by atoms with E-state index < -0.39 is 6.09 Å². The first kappa shape index (κ1) is 24.8. The van der Waals surface area contributed by atoms with Crippen LogP contribution in [0.1, 0.15) is 26.3 Å². The summed E-state index contributed by atoms with van der Waals surface area (Å²) >= 11 is 4.38. The number of hydrogen-bond acceptors (Lipinski definition) is 3. The number of alkyl carbamates (subject to hydrolysis) is 1. The van der Waals surface area contributed by atoms with Gasteiger partial charge in [-0.25, -0.2) is 4.79 Å². The molecule has 152 valence electrons. The van der Waals surface area contributed by atoms with Crippen LogP contribution < -0.4 is 10.6 Å². The third kappa shape index (κ3) is 12.7. The summed E-state index contributed by atoms with van der Waals surface area (Å²) in [5.74, 6) is 0.266. The van der Waals surface area contributed by atoms with Crippen molar-refractivity contribution in [1.82, 2.24) is 10.6 Å². The summed E-state index contributed by atoms with van der Waals surface area (Å²) < 4.78 is 4.26. The number of carbonyl (C=O) groups excluding carboxylic acids is 2. The van der Waals surface area contributed by atoms with Crippen molar-refractivity contribution in [2.75, 3.05) is 6.54 Å². The predicted molar refractivity (Wildman–Crippen MR) is 105 cm³/mol. The van der Waals surface area contributed by atoms with Gasteiger partial charge in [0.1, 0.15) is 0 Å². The maximum absolute atomic E-state index is 11.3. The SMILES string of the molecule is [CH-]=C/C=C(\[CH]=[Ni])C(=O)NCC(C)C.[CH2-]OC(=O)N[C@@H](C)Cc1ccccc1. The van der Waals surface area contributed by atoms with Crippen LogP contribution in [0, 0.1) is 19.6 Å². The van der Waals surface area contributed by atoms with Gasteiger partial charge in [-0.3, -0.25) is 0 Å². The van der Waals surface area contributed by atoms with Crippen LogP contribution in [0.15, 0.2) is 48.1 Å². The molecule has 1 aromatic rings. The predicted octanol–water partition coefficient (Wildman–Crippen LogP) is 3.16. The molecule has 0 aliphatic rings. The maximum atomic E-state index is 11.3. The van der Waals surface area contributed by atoms with Crippen molar-refractivity contribution in [3.8, 4) is 0 Å². The topological polar surface area (TPSA) is 67.4 Å². The van der Waals surface area contributed by atoms with Crippen molar-refractivity contribution in [3.05, 3.63) is 67.3 Å². The molecule has 6 heteroatoms. The maximum Gasteiger partial charge on any atom is 0.375 e. The fourth-order valence-corrected chi connectivity index (χ4v) is 2.14. The smallest absolute Gasteiger partial charge is 0.375 e. The minimum Gasteiger partial charge on any atom is -0.624 e. The quantitative estimate of drug-likeness (QED) is 0.297. The molecule has 1 atom stereocenters. The van der Waals surface area contributed by atoms with Gasteiger partial charge in [-0.1, -0.05) is 30.3 Å². The number of amides is 2. The Morgan fingerprint density at radius 2 is 1.89 bits per heavy atom. The van der Waals surface area contributed by atoms with Gasteiger partial charge in [0.05, 0.1) is 0 Å². The molecule has 0 aliphatic heterocycles. The van der Waals surface area contributed by atoms with Gasteiger partial charge in [-0.05, 0) is 18.9 Å². The van der Waals surface area contributed by atoms with Gasteiger partial charge < -0.3 is 10.1 Å². The zero-order chi connectivity index (χ0) is 20.7. The molecular weight excluding hydrogens is 387 g/mol. The first-order valence-corrected chi connectivity index (χ1v) is 9.10. The standard InChI is InChI=1S/C11H14NO2.C10H14NO.Ni/c1-9(12-11(13)14-2)8-10-6-4-3-5-7-10;1-5-6-9(4)10(12)11-7-8(2)3;/h3-7,9H,2,8H2,1H3,(H,12,13);1,4-6,8H,7H2,2-3H3,(H,11,12);/q2*-1;/b;9-6+;/t9-;;/m0../s1. The zero-order valence-corrected chi connectivity index (χ0v) is 17.0. The summed E-state index contributed by atoms with van der Waals surface area (Å²) in [5, 5.41) is 5.40. The molecule has 5 nitrogen and oxygen atoms in total. The Morgan fingerprint density at radius 1 is 1.26 bits per heavy atom. The number of allylic oxidation sites excluding steroid dienone is 2. The van der Waals surface area contributed by atoms with Gasteiger partial charge >= 0.3 is 92.8 Å². The Hall–Kier alpha value is -2.20. The molecule has 0 aromatic heterocycles. The van der Waals surface area contributed by atoms with Crippen molar-refractivity contribution in [3.63, 3.8) is 0 Å². The first-order valence-electron chi connectivity index (χ1n) is 8.53. The third-order valence-electron chi connectivity index (χ3n) is 3.19. The molecule has 0 fully saturated rings. The van der Waals surface area contributed by atoms with Gasteiger partial charge in [0.15, 0.2) is 0 Å². The van der Waals surface area contributed by atoms with E-state index in [1.807, 2.05) is 51.1 Å². The molecule has 0 aliphatic carbocycles. The molecule has 0 bridgehead atoms. The van der Waals surface area contributed by atoms with Crippen LogP contribution in [-0.2, 0) is 31.0 Å². The van der Waals surface area contributed by atoms with Crippen molar-refractivity contribution < 1.29 is 29.4 Å². The van der Waals surface area contributed by atoms with Gasteiger partial charge in [-0.15, -0.1) is 0 Å². The molecular formula is C21H28N2NiO3-2. The normalized spacial score (nSPS) is 11.6. The van der Waals surface area contributed by atoms with Gasteiger partial charge in [0.2, 0.25) is 0 Å². The minimum atomic E-state index is -0.492. The Balaban J connectivity index is 0.000000503. The molecule has 0 spiro atoms. The van der Waals surface area contributed by atoms with E-state index >= 15 is 0 Å². The summed E-state index contributed by atoms with van der Waals surface area (Å²) in [6.07, 6.45) is 3.10. The van der Waals surface area contributed by atoms with Crippen LogP contribution in [-0.4, -0.2) is 29.6 Å². The van der Waals surface area contributed by atoms with E-state index in [4.69, 9.17) is 6.58 Å². The molecule has 0 unspecified atom stereocenters. The second-order valence-corrected chi connectivity index (χ2v) is 6.46. The van der Waals surface area contributed by atoms with Crippen molar-refractivity contribution in [1.29, 1.82) is 0 Å². The first-order chi connectivity index (χ1) is 12.8. The van der Waals surface area contributed by atoms with E-state index in [0.717, 1.165) is 6.42 Å². The van der Waals surface area contributed by atoms with Gasteiger partial charge in [0.25, 0.3) is 0 Å². The van der Waals surface area contributed by atoms with E-state index in [-0.39, 0.29) is 11.9 Å². The number of rotatable bonds is 8. The molecule has 27 heavy (non-hydrogen) atoms. The Labute approximate surface area is 170 Å². The van der Waals surface area contributed by atoms with E-state index in [0.29, 0.717) is 18.0 Å². The summed E-state index contributed by atoms with van der Waals surface area (Å²) in [5.41, 5.74) is 1.62. The van der Waals surface area contributed by atoms with Crippen LogP contribution in [0.25, 0.3) is 0 Å². The van der Waals surface area contributed by atoms with Crippen molar-refractivity contribution >= 4 is 17.0 Å². The molecule has 2 amide bonds. The Bertz CT molecular complexity index is 628. The van der Waals surface area contributed by atoms with Crippen LogP contribution >= 0.6 is 0 Å². The number of nitrogens with one attached hydrogen (secondary N) is 2. The summed E-state index contributed by atoms with van der Waals surface area (Å²) in [6, 6.07) is 10.0. The van der Waals surface area contributed by atoms with Crippen LogP contribution in [0.2, 0.25) is 0 Å². The fourth-order valence-electron chi connectivity index (χ4n) is 1.91. The van der Waals surface area contributed by atoms with Crippen molar-refractivity contribution in [2.45, 2.75) is 33.2 Å². The van der Waals surface area contributed by atoms with Gasteiger partial charge in [-0.2, -0.15) is 7.11 Å². The molecule has 1 rings (SSSR count). The van der Waals surface area contributed by atoms with E-state index in [2.05, 4.69) is 37.5 Å². The van der Waals surface area contributed by atoms with Gasteiger partial charge in [0, 0.05) is 6.04 Å². The Kier molecular flexibility index (Phi) is 13.7. The van der Waals surface area contributed by atoms with Crippen LogP contribution in [0.3, 0.4) is 0 Å². The number of hydrogen-bond donors (Lipinski definition) is 2. The third-order valence-corrected chi connectivity index (χ3v) is 3.49. The number of benzene rings is 1. The molecule has 0 saturated heterocycles. The molecule has 1 aromatic carbocycles. The van der Waals surface area contributed by atoms with E-state index in [9.17, 15) is 9.59 Å². The summed E-state index contributed by atoms with van der Waals surface area (Å²) in [6.45, 7) is 11.8. The fraction of sp³-hybridized carbons (Fsp3) is 0.333. The number of ether oxygens (including phenoxy) is 1. The van der Waals surface area contributed by atoms with E-state index in [1.54, 1.807) is 0 Å². The monoisotopic (exact) mass is 414 g/mol. The molecule has 0 heterocycles. The minimum absolute atomic E-state index is 0.0478. The average Bonchev–Trinajstić information content (AvgIpc) is 2.65. The second kappa shape index (κ2) is 14.9. The van der Waals surface area contributed by atoms with Crippen LogP contribution in [0.4, 0.5) is 4.79 Å². The average molecular weight is 415 g/mol. The van der Waals surface area contributed by atoms with E-state index in [1.165, 1.54) is 22.7 Å².